The molecule has 7 heteroatoms. The molecule has 1 fully saturated rings. The molecule has 0 aromatic heterocycles. The quantitative estimate of drug-likeness (QED) is 0.887. The first-order chi connectivity index (χ1) is 10.4. The fourth-order valence-corrected chi connectivity index (χ4v) is 3.69. The van der Waals surface area contributed by atoms with Gasteiger partial charge in [-0.1, -0.05) is 0 Å². The summed E-state index contributed by atoms with van der Waals surface area (Å²) in [6.07, 6.45) is 3.07. The van der Waals surface area contributed by atoms with Gasteiger partial charge in [-0.25, -0.2) is 8.42 Å². The molecular weight excluding hydrogens is 304 g/mol. The second kappa shape index (κ2) is 7.11. The number of likely N-dealkylation sites (tertiary alicyclic amines) is 1. The molecule has 0 spiro atoms. The minimum atomic E-state index is -3.72. The number of amides is 1. The van der Waals surface area contributed by atoms with E-state index >= 15 is 0 Å². The third-order valence-electron chi connectivity index (χ3n) is 3.74. The molecule has 1 atom stereocenters. The first kappa shape index (κ1) is 16.8. The Morgan fingerprint density at radius 2 is 1.77 bits per heavy atom. The molecule has 1 heterocycles. The zero-order chi connectivity index (χ0) is 16.2. The van der Waals surface area contributed by atoms with Gasteiger partial charge in [0.2, 0.25) is 15.9 Å². The summed E-state index contributed by atoms with van der Waals surface area (Å²) in [5, 5.41) is 0. The molecule has 1 aliphatic heterocycles. The smallest absolute Gasteiger partial charge is 0.241 e. The van der Waals surface area contributed by atoms with Gasteiger partial charge in [0.05, 0.1) is 18.0 Å². The molecule has 1 aromatic carbocycles. The first-order valence-electron chi connectivity index (χ1n) is 7.39. The Balaban J connectivity index is 2.04. The molecule has 1 amide bonds. The van der Waals surface area contributed by atoms with Crippen LogP contribution in [0.5, 0.6) is 5.75 Å². The summed E-state index contributed by atoms with van der Waals surface area (Å²) < 4.78 is 32.1. The zero-order valence-corrected chi connectivity index (χ0v) is 13.7. The summed E-state index contributed by atoms with van der Waals surface area (Å²) in [7, 11) is -2.21. The average molecular weight is 326 g/mol. The van der Waals surface area contributed by atoms with Crippen LogP contribution in [-0.4, -0.2) is 45.5 Å². The summed E-state index contributed by atoms with van der Waals surface area (Å²) in [4.78, 5) is 14.1. The maximum absolute atomic E-state index is 12.3. The van der Waals surface area contributed by atoms with Crippen LogP contribution in [0.1, 0.15) is 26.2 Å². The van der Waals surface area contributed by atoms with Gasteiger partial charge in [-0.15, -0.1) is 0 Å². The molecule has 1 N–H and O–H groups in total. The fourth-order valence-electron chi connectivity index (χ4n) is 2.49. The lowest BCUT2D eigenvalue weighted by molar-refractivity contribution is -0.133. The van der Waals surface area contributed by atoms with Gasteiger partial charge in [0.15, 0.2) is 0 Å². The highest BCUT2D eigenvalue weighted by Crippen LogP contribution is 2.16. The van der Waals surface area contributed by atoms with Crippen molar-refractivity contribution in [1.29, 1.82) is 0 Å². The lowest BCUT2D eigenvalue weighted by Gasteiger charge is -2.29. The molecule has 1 aromatic rings. The summed E-state index contributed by atoms with van der Waals surface area (Å²) in [5.41, 5.74) is 0. The van der Waals surface area contributed by atoms with Crippen molar-refractivity contribution in [3.8, 4) is 5.75 Å². The number of benzene rings is 1. The van der Waals surface area contributed by atoms with Gasteiger partial charge in [0.25, 0.3) is 0 Å². The number of nitrogens with one attached hydrogen (secondary N) is 1. The fraction of sp³-hybridized carbons (Fsp3) is 0.533. The topological polar surface area (TPSA) is 75.7 Å². The van der Waals surface area contributed by atoms with E-state index < -0.39 is 16.1 Å². The van der Waals surface area contributed by atoms with E-state index in [1.807, 2.05) is 0 Å². The molecule has 0 radical (unpaired) electrons. The highest BCUT2D eigenvalue weighted by atomic mass is 32.2. The number of sulfonamides is 1. The van der Waals surface area contributed by atoms with Crippen LogP contribution in [0.2, 0.25) is 0 Å². The van der Waals surface area contributed by atoms with Crippen molar-refractivity contribution in [1.82, 2.24) is 9.62 Å². The Morgan fingerprint density at radius 1 is 1.18 bits per heavy atom. The van der Waals surface area contributed by atoms with Crippen molar-refractivity contribution in [2.45, 2.75) is 37.1 Å². The minimum Gasteiger partial charge on any atom is -0.497 e. The van der Waals surface area contributed by atoms with Crippen molar-refractivity contribution in [2.24, 2.45) is 0 Å². The highest BCUT2D eigenvalue weighted by molar-refractivity contribution is 7.89. The predicted molar refractivity (Wildman–Crippen MR) is 83.2 cm³/mol. The Bertz CT molecular complexity index is 607. The Kier molecular flexibility index (Phi) is 5.42. The number of hydrogen-bond acceptors (Lipinski definition) is 4. The van der Waals surface area contributed by atoms with Gasteiger partial charge in [0, 0.05) is 13.1 Å². The zero-order valence-electron chi connectivity index (χ0n) is 12.9. The van der Waals surface area contributed by atoms with Crippen LogP contribution in [-0.2, 0) is 14.8 Å². The van der Waals surface area contributed by atoms with Crippen molar-refractivity contribution in [3.05, 3.63) is 24.3 Å². The normalized spacial score (nSPS) is 17.1. The molecule has 6 nitrogen and oxygen atoms in total. The molecule has 1 saturated heterocycles. The van der Waals surface area contributed by atoms with Crippen LogP contribution in [0.25, 0.3) is 0 Å². The number of rotatable bonds is 5. The largest absolute Gasteiger partial charge is 0.497 e. The minimum absolute atomic E-state index is 0.117. The van der Waals surface area contributed by atoms with Crippen LogP contribution in [0.15, 0.2) is 29.2 Å². The van der Waals surface area contributed by atoms with E-state index in [0.29, 0.717) is 18.8 Å². The van der Waals surface area contributed by atoms with Gasteiger partial charge in [-0.3, -0.25) is 4.79 Å². The molecule has 1 unspecified atom stereocenters. The monoisotopic (exact) mass is 326 g/mol. The molecule has 0 aliphatic carbocycles. The van der Waals surface area contributed by atoms with E-state index in [9.17, 15) is 13.2 Å². The highest BCUT2D eigenvalue weighted by Gasteiger charge is 2.26. The van der Waals surface area contributed by atoms with E-state index in [1.165, 1.54) is 19.2 Å². The lowest BCUT2D eigenvalue weighted by atomic mass is 10.1. The van der Waals surface area contributed by atoms with Gasteiger partial charge in [-0.05, 0) is 50.5 Å². The maximum Gasteiger partial charge on any atom is 0.241 e. The molecule has 122 valence electrons. The molecule has 22 heavy (non-hydrogen) atoms. The van der Waals surface area contributed by atoms with Crippen molar-refractivity contribution >= 4 is 15.9 Å². The van der Waals surface area contributed by atoms with E-state index in [0.717, 1.165) is 19.3 Å². The number of nitrogens with zero attached hydrogens (tertiary/aromatic N) is 1. The number of carbonyl (C=O) groups is 1. The van der Waals surface area contributed by atoms with Gasteiger partial charge < -0.3 is 9.64 Å². The molecular formula is C15H22N2O4S. The third-order valence-corrected chi connectivity index (χ3v) is 5.30. The third kappa shape index (κ3) is 3.98. The summed E-state index contributed by atoms with van der Waals surface area (Å²) in [5.74, 6) is 0.410. The number of piperidine rings is 1. The van der Waals surface area contributed by atoms with Crippen LogP contribution >= 0.6 is 0 Å². The van der Waals surface area contributed by atoms with E-state index in [2.05, 4.69) is 4.72 Å². The Morgan fingerprint density at radius 3 is 2.32 bits per heavy atom. The average Bonchev–Trinajstić information content (AvgIpc) is 2.54. The predicted octanol–water partition coefficient (Wildman–Crippen LogP) is 1.37. The number of methoxy groups -OCH3 is 1. The first-order valence-corrected chi connectivity index (χ1v) is 8.87. The lowest BCUT2D eigenvalue weighted by Crippen LogP contribution is -2.48. The van der Waals surface area contributed by atoms with Crippen molar-refractivity contribution < 1.29 is 17.9 Å². The Labute approximate surface area is 131 Å². The summed E-state index contributed by atoms with van der Waals surface area (Å²) >= 11 is 0. The van der Waals surface area contributed by atoms with Crippen LogP contribution in [0.3, 0.4) is 0 Å². The van der Waals surface area contributed by atoms with Gasteiger partial charge in [0.1, 0.15) is 5.75 Å². The standard InChI is InChI=1S/C15H22N2O4S/c1-12(15(18)17-10-4-3-5-11-17)16-22(19,20)14-8-6-13(21-2)7-9-14/h6-9,12,16H,3-5,10-11H2,1-2H3. The molecule has 0 bridgehead atoms. The van der Waals surface area contributed by atoms with E-state index in [-0.39, 0.29) is 10.8 Å². The van der Waals surface area contributed by atoms with Gasteiger partial charge >= 0.3 is 0 Å². The number of hydrogen-bond donors (Lipinski definition) is 1. The van der Waals surface area contributed by atoms with Crippen molar-refractivity contribution in [3.63, 3.8) is 0 Å². The second-order valence-corrected chi connectivity index (χ2v) is 7.12. The molecule has 2 rings (SSSR count). The summed E-state index contributed by atoms with van der Waals surface area (Å²) in [6, 6.07) is 5.29. The van der Waals surface area contributed by atoms with Crippen LogP contribution in [0.4, 0.5) is 0 Å². The van der Waals surface area contributed by atoms with Crippen molar-refractivity contribution in [2.75, 3.05) is 20.2 Å². The maximum atomic E-state index is 12.3. The SMILES string of the molecule is COc1ccc(S(=O)(=O)NC(C)C(=O)N2CCCCC2)cc1. The Hall–Kier alpha value is -1.60. The number of carbonyl (C=O) groups excluding carboxylic acids is 1. The van der Waals surface area contributed by atoms with E-state index in [1.54, 1.807) is 24.0 Å². The summed E-state index contributed by atoms with van der Waals surface area (Å²) in [6.45, 7) is 2.99. The molecule has 1 aliphatic rings. The second-order valence-electron chi connectivity index (χ2n) is 5.40. The van der Waals surface area contributed by atoms with Gasteiger partial charge in [-0.2, -0.15) is 4.72 Å². The molecule has 0 saturated carbocycles. The number of ether oxygens (including phenoxy) is 1. The van der Waals surface area contributed by atoms with Crippen LogP contribution < -0.4 is 9.46 Å². The van der Waals surface area contributed by atoms with Crippen LogP contribution in [0, 0.1) is 0 Å². The van der Waals surface area contributed by atoms with E-state index in [4.69, 9.17) is 4.74 Å².